The molecule has 0 aliphatic heterocycles. The molecule has 0 aliphatic rings. The van der Waals surface area contributed by atoms with Crippen LogP contribution in [0.3, 0.4) is 0 Å². The second-order valence-corrected chi connectivity index (χ2v) is 4.14. The average molecular weight is 286 g/mol. The van der Waals surface area contributed by atoms with Crippen molar-refractivity contribution < 1.29 is 13.5 Å². The minimum Gasteiger partial charge on any atom is -0.435 e. The second-order valence-electron chi connectivity index (χ2n) is 4.14. The Morgan fingerprint density at radius 2 is 2.14 bits per heavy atom. The van der Waals surface area contributed by atoms with E-state index >= 15 is 0 Å². The molecule has 0 radical (unpaired) electrons. The SMILES string of the molecule is N#Cc1cnn2c(-c3cccc(OC(F)F)c3)ccnc12. The van der Waals surface area contributed by atoms with E-state index < -0.39 is 6.61 Å². The van der Waals surface area contributed by atoms with Gasteiger partial charge in [0, 0.05) is 11.8 Å². The normalized spacial score (nSPS) is 10.8. The van der Waals surface area contributed by atoms with E-state index in [9.17, 15) is 8.78 Å². The highest BCUT2D eigenvalue weighted by Crippen LogP contribution is 2.25. The van der Waals surface area contributed by atoms with Gasteiger partial charge in [-0.2, -0.15) is 19.1 Å². The number of halogens is 2. The van der Waals surface area contributed by atoms with E-state index in [2.05, 4.69) is 14.8 Å². The fourth-order valence-corrected chi connectivity index (χ4v) is 2.02. The Kier molecular flexibility index (Phi) is 3.20. The second kappa shape index (κ2) is 5.17. The third-order valence-electron chi connectivity index (χ3n) is 2.88. The van der Waals surface area contributed by atoms with Crippen LogP contribution in [0.2, 0.25) is 0 Å². The number of ether oxygens (including phenoxy) is 1. The van der Waals surface area contributed by atoms with E-state index in [0.29, 0.717) is 22.5 Å². The molecule has 3 rings (SSSR count). The summed E-state index contributed by atoms with van der Waals surface area (Å²) in [6.45, 7) is -2.88. The maximum absolute atomic E-state index is 12.3. The maximum atomic E-state index is 12.3. The molecule has 0 saturated carbocycles. The first kappa shape index (κ1) is 13.0. The van der Waals surface area contributed by atoms with Gasteiger partial charge in [0.15, 0.2) is 5.65 Å². The molecule has 1 aromatic carbocycles. The molecule has 0 fully saturated rings. The summed E-state index contributed by atoms with van der Waals surface area (Å²) in [5.41, 5.74) is 2.02. The lowest BCUT2D eigenvalue weighted by atomic mass is 10.1. The lowest BCUT2D eigenvalue weighted by Gasteiger charge is -2.08. The van der Waals surface area contributed by atoms with Crippen molar-refractivity contribution in [3.63, 3.8) is 0 Å². The molecule has 21 heavy (non-hydrogen) atoms. The first-order valence-corrected chi connectivity index (χ1v) is 5.97. The van der Waals surface area contributed by atoms with Crippen LogP contribution in [0, 0.1) is 11.3 Å². The molecule has 0 N–H and O–H groups in total. The lowest BCUT2D eigenvalue weighted by molar-refractivity contribution is -0.0498. The van der Waals surface area contributed by atoms with Crippen LogP contribution >= 0.6 is 0 Å². The molecule has 0 aliphatic carbocycles. The number of alkyl halides is 2. The molecule has 7 heteroatoms. The summed E-state index contributed by atoms with van der Waals surface area (Å²) in [5, 5.41) is 13.1. The fraction of sp³-hybridized carbons (Fsp3) is 0.0714. The molecule has 5 nitrogen and oxygen atoms in total. The van der Waals surface area contributed by atoms with Crippen molar-refractivity contribution in [3.05, 3.63) is 48.3 Å². The van der Waals surface area contributed by atoms with Crippen molar-refractivity contribution >= 4 is 5.65 Å². The number of benzene rings is 1. The Balaban J connectivity index is 2.13. The van der Waals surface area contributed by atoms with Gasteiger partial charge in [0.1, 0.15) is 17.4 Å². The van der Waals surface area contributed by atoms with Gasteiger partial charge in [-0.05, 0) is 18.2 Å². The Bertz CT molecular complexity index is 838. The zero-order valence-corrected chi connectivity index (χ0v) is 10.6. The number of hydrogen-bond acceptors (Lipinski definition) is 4. The van der Waals surface area contributed by atoms with Crippen molar-refractivity contribution in [3.8, 4) is 23.1 Å². The molecule has 2 heterocycles. The summed E-state index contributed by atoms with van der Waals surface area (Å²) in [5.74, 6) is 0.0557. The third-order valence-corrected chi connectivity index (χ3v) is 2.88. The summed E-state index contributed by atoms with van der Waals surface area (Å²) >= 11 is 0. The number of rotatable bonds is 3. The molecule has 0 atom stereocenters. The highest BCUT2D eigenvalue weighted by atomic mass is 19.3. The van der Waals surface area contributed by atoms with E-state index in [1.807, 2.05) is 6.07 Å². The third kappa shape index (κ3) is 2.39. The maximum Gasteiger partial charge on any atom is 0.387 e. The van der Waals surface area contributed by atoms with Crippen molar-refractivity contribution in [1.29, 1.82) is 5.26 Å². The van der Waals surface area contributed by atoms with E-state index in [1.165, 1.54) is 29.0 Å². The topological polar surface area (TPSA) is 63.2 Å². The van der Waals surface area contributed by atoms with Gasteiger partial charge in [-0.1, -0.05) is 12.1 Å². The van der Waals surface area contributed by atoms with Crippen LogP contribution in [0.5, 0.6) is 5.75 Å². The molecular weight excluding hydrogens is 278 g/mol. The molecular formula is C14H8F2N4O. The van der Waals surface area contributed by atoms with Crippen LogP contribution in [-0.4, -0.2) is 21.2 Å². The molecule has 2 aromatic heterocycles. The predicted molar refractivity (Wildman–Crippen MR) is 69.8 cm³/mol. The van der Waals surface area contributed by atoms with Gasteiger partial charge in [-0.15, -0.1) is 0 Å². The zero-order valence-electron chi connectivity index (χ0n) is 10.6. The smallest absolute Gasteiger partial charge is 0.387 e. The van der Waals surface area contributed by atoms with Crippen molar-refractivity contribution in [1.82, 2.24) is 14.6 Å². The molecule has 0 amide bonds. The molecule has 0 bridgehead atoms. The predicted octanol–water partition coefficient (Wildman–Crippen LogP) is 2.87. The highest BCUT2D eigenvalue weighted by molar-refractivity contribution is 5.66. The molecule has 0 unspecified atom stereocenters. The Labute approximate surface area is 118 Å². The van der Waals surface area contributed by atoms with Gasteiger partial charge >= 0.3 is 6.61 Å². The Morgan fingerprint density at radius 3 is 2.90 bits per heavy atom. The minimum absolute atomic E-state index is 0.0557. The highest BCUT2D eigenvalue weighted by Gasteiger charge is 2.11. The number of fused-ring (bicyclic) bond motifs is 1. The van der Waals surface area contributed by atoms with Gasteiger partial charge < -0.3 is 4.74 Å². The van der Waals surface area contributed by atoms with E-state index in [-0.39, 0.29) is 5.75 Å². The Morgan fingerprint density at radius 1 is 1.29 bits per heavy atom. The van der Waals surface area contributed by atoms with Gasteiger partial charge in [-0.3, -0.25) is 0 Å². The summed E-state index contributed by atoms with van der Waals surface area (Å²) in [6, 6.07) is 9.94. The summed E-state index contributed by atoms with van der Waals surface area (Å²) in [4.78, 5) is 4.10. The molecule has 0 spiro atoms. The standard InChI is InChI=1S/C14H8F2N4O/c15-14(16)21-11-3-1-2-9(6-11)12-4-5-18-13-10(7-17)8-19-20(12)13/h1-6,8,14H. The van der Waals surface area contributed by atoms with Gasteiger partial charge in [0.2, 0.25) is 0 Å². The molecule has 104 valence electrons. The molecule has 0 saturated heterocycles. The van der Waals surface area contributed by atoms with E-state index in [4.69, 9.17) is 5.26 Å². The van der Waals surface area contributed by atoms with Crippen LogP contribution in [0.1, 0.15) is 5.56 Å². The monoisotopic (exact) mass is 286 g/mol. The van der Waals surface area contributed by atoms with E-state index in [1.54, 1.807) is 18.2 Å². The van der Waals surface area contributed by atoms with Crippen LogP contribution in [-0.2, 0) is 0 Å². The van der Waals surface area contributed by atoms with Gasteiger partial charge in [0.05, 0.1) is 11.9 Å². The van der Waals surface area contributed by atoms with Crippen LogP contribution in [0.15, 0.2) is 42.7 Å². The first-order chi connectivity index (χ1) is 10.2. The van der Waals surface area contributed by atoms with Crippen LogP contribution in [0.25, 0.3) is 16.9 Å². The minimum atomic E-state index is -2.88. The van der Waals surface area contributed by atoms with Crippen LogP contribution in [0.4, 0.5) is 8.78 Å². The quantitative estimate of drug-likeness (QED) is 0.742. The summed E-state index contributed by atoms with van der Waals surface area (Å²) < 4.78 is 30.4. The largest absolute Gasteiger partial charge is 0.435 e. The molecule has 3 aromatic rings. The van der Waals surface area contributed by atoms with Gasteiger partial charge in [0.25, 0.3) is 0 Å². The summed E-state index contributed by atoms with van der Waals surface area (Å²) in [7, 11) is 0. The van der Waals surface area contributed by atoms with Crippen LogP contribution < -0.4 is 4.74 Å². The summed E-state index contributed by atoms with van der Waals surface area (Å²) in [6.07, 6.45) is 2.94. The lowest BCUT2D eigenvalue weighted by Crippen LogP contribution is -2.02. The number of nitriles is 1. The fourth-order valence-electron chi connectivity index (χ4n) is 2.02. The number of hydrogen-bond donors (Lipinski definition) is 0. The Hall–Kier alpha value is -3.01. The zero-order chi connectivity index (χ0) is 14.8. The average Bonchev–Trinajstić information content (AvgIpc) is 2.89. The van der Waals surface area contributed by atoms with Crippen molar-refractivity contribution in [2.45, 2.75) is 6.61 Å². The van der Waals surface area contributed by atoms with E-state index in [0.717, 1.165) is 0 Å². The first-order valence-electron chi connectivity index (χ1n) is 5.97. The van der Waals surface area contributed by atoms with Gasteiger partial charge in [-0.25, -0.2) is 9.50 Å². The number of aromatic nitrogens is 3. The van der Waals surface area contributed by atoms with Crippen molar-refractivity contribution in [2.24, 2.45) is 0 Å². The number of nitrogens with zero attached hydrogens (tertiary/aromatic N) is 4. The van der Waals surface area contributed by atoms with Crippen molar-refractivity contribution in [2.75, 3.05) is 0 Å².